The normalized spacial score (nSPS) is 22.5. The van der Waals surface area contributed by atoms with E-state index in [-0.39, 0.29) is 24.8 Å². The molecule has 0 saturated carbocycles. The number of hydrogen-bond donors (Lipinski definition) is 1. The maximum Gasteiger partial charge on any atom is 0.416 e. The largest absolute Gasteiger partial charge is 0.504 e. The number of rotatable bonds is 9. The van der Waals surface area contributed by atoms with Crippen LogP contribution < -0.4 is 9.64 Å². The number of benzene rings is 3. The average molecular weight is 826 g/mol. The zero-order valence-corrected chi connectivity index (χ0v) is 29.7. The van der Waals surface area contributed by atoms with E-state index in [4.69, 9.17) is 9.47 Å². The molecule has 0 unspecified atom stereocenters. The first kappa shape index (κ1) is 36.9. The molecule has 2 saturated heterocycles. The van der Waals surface area contributed by atoms with Crippen LogP contribution in [-0.4, -0.2) is 36.7 Å². The zero-order valence-electron chi connectivity index (χ0n) is 27.6. The summed E-state index contributed by atoms with van der Waals surface area (Å²) in [4.78, 5) is 28.3. The molecule has 270 valence electrons. The number of ether oxygens (including phenoxy) is 2. The van der Waals surface area contributed by atoms with Crippen molar-refractivity contribution < 1.29 is 50.5 Å². The molecular weight excluding hydrogens is 791 g/mol. The number of amides is 2. The van der Waals surface area contributed by atoms with Gasteiger partial charge in [-0.15, -0.1) is 0 Å². The van der Waals surface area contributed by atoms with Gasteiger partial charge in [0.25, 0.3) is 0 Å². The van der Waals surface area contributed by atoms with E-state index in [9.17, 15) is 41.0 Å². The van der Waals surface area contributed by atoms with E-state index in [0.29, 0.717) is 45.6 Å². The Morgan fingerprint density at radius 2 is 1.65 bits per heavy atom. The van der Waals surface area contributed by atoms with Crippen LogP contribution in [0.1, 0.15) is 61.3 Å². The molecule has 0 spiro atoms. The Bertz CT molecular complexity index is 1870. The van der Waals surface area contributed by atoms with Crippen LogP contribution in [0.4, 0.5) is 32.0 Å². The second kappa shape index (κ2) is 14.3. The summed E-state index contributed by atoms with van der Waals surface area (Å²) < 4.78 is 94.5. The van der Waals surface area contributed by atoms with Crippen molar-refractivity contribution in [3.05, 3.63) is 97.6 Å². The van der Waals surface area contributed by atoms with Crippen LogP contribution in [0.25, 0.3) is 11.6 Å². The van der Waals surface area contributed by atoms with E-state index >= 15 is 0 Å². The van der Waals surface area contributed by atoms with Crippen molar-refractivity contribution in [2.24, 2.45) is 17.8 Å². The van der Waals surface area contributed by atoms with Gasteiger partial charge in [0.05, 0.1) is 52.0 Å². The molecule has 0 bridgehead atoms. The fourth-order valence-corrected chi connectivity index (χ4v) is 8.23. The minimum absolute atomic E-state index is 0.0207. The summed E-state index contributed by atoms with van der Waals surface area (Å²) in [5.41, 5.74) is 0.650. The molecule has 0 radical (unpaired) electrons. The number of aromatic hydroxyl groups is 1. The first-order chi connectivity index (χ1) is 24.1. The van der Waals surface area contributed by atoms with Crippen LogP contribution in [0.5, 0.6) is 11.5 Å². The summed E-state index contributed by atoms with van der Waals surface area (Å²) in [6.45, 7) is 2.06. The fraction of sp³-hybridized carbons (Fsp3) is 0.368. The molecular formula is C38H34F6INO5. The van der Waals surface area contributed by atoms with Gasteiger partial charge in [-0.3, -0.25) is 9.59 Å². The SMILES string of the molecule is CCCC1=C2[C@@H](CC/C(=C/c3cc(I)c(O)c(OC)c3)c3ccccc3)OC[C@@H]2[C@@H]2C(=O)N(c3cc(C(F)(F)F)cc(C(F)(F)F)c3)C(=O)[C@@H]2C1. The summed E-state index contributed by atoms with van der Waals surface area (Å²) in [6, 6.07) is 14.1. The number of carbonyl (C=O) groups excluding carboxylic acids is 2. The van der Waals surface area contributed by atoms with Gasteiger partial charge in [0.15, 0.2) is 11.5 Å². The number of fused-ring (bicyclic) bond motifs is 3. The smallest absolute Gasteiger partial charge is 0.416 e. The molecule has 1 N–H and O–H groups in total. The quantitative estimate of drug-likeness (QED) is 0.0765. The number of nitrogens with zero attached hydrogens (tertiary/aromatic N) is 1. The van der Waals surface area contributed by atoms with Crippen molar-refractivity contribution in [1.82, 2.24) is 0 Å². The van der Waals surface area contributed by atoms with Crippen molar-refractivity contribution in [2.45, 2.75) is 57.5 Å². The summed E-state index contributed by atoms with van der Waals surface area (Å²) >= 11 is 2.03. The second-order valence-corrected chi connectivity index (χ2v) is 14.1. The maximum atomic E-state index is 14.0. The van der Waals surface area contributed by atoms with Gasteiger partial charge in [0.1, 0.15) is 0 Å². The Balaban J connectivity index is 1.32. The Hall–Kier alpha value is -3.85. The molecule has 6 rings (SSSR count). The lowest BCUT2D eigenvalue weighted by Gasteiger charge is -2.32. The van der Waals surface area contributed by atoms with Crippen LogP contribution in [0.15, 0.2) is 71.8 Å². The Kier molecular flexibility index (Phi) is 10.3. The van der Waals surface area contributed by atoms with Gasteiger partial charge in [-0.1, -0.05) is 55.3 Å². The lowest BCUT2D eigenvalue weighted by atomic mass is 9.68. The van der Waals surface area contributed by atoms with E-state index in [1.54, 1.807) is 6.07 Å². The Morgan fingerprint density at radius 1 is 0.980 bits per heavy atom. The minimum Gasteiger partial charge on any atom is -0.504 e. The molecule has 3 aromatic carbocycles. The molecule has 2 fully saturated rings. The van der Waals surface area contributed by atoms with Gasteiger partial charge in [-0.05, 0) is 101 Å². The molecule has 2 heterocycles. The van der Waals surface area contributed by atoms with Crippen molar-refractivity contribution in [3.63, 3.8) is 0 Å². The number of carbonyl (C=O) groups is 2. The first-order valence-electron chi connectivity index (χ1n) is 16.5. The van der Waals surface area contributed by atoms with Crippen LogP contribution in [0, 0.1) is 21.3 Å². The predicted octanol–water partition coefficient (Wildman–Crippen LogP) is 9.68. The van der Waals surface area contributed by atoms with Crippen LogP contribution in [-0.2, 0) is 26.7 Å². The van der Waals surface area contributed by atoms with Gasteiger partial charge in [-0.2, -0.15) is 26.3 Å². The van der Waals surface area contributed by atoms with E-state index in [1.807, 2.05) is 72.0 Å². The number of phenolic OH excluding ortho intramolecular Hbond substituents is 1. The van der Waals surface area contributed by atoms with E-state index < -0.39 is 64.8 Å². The number of halogens is 7. The van der Waals surface area contributed by atoms with E-state index in [2.05, 4.69) is 0 Å². The fourth-order valence-electron chi connectivity index (χ4n) is 7.61. The van der Waals surface area contributed by atoms with Crippen LogP contribution in [0.2, 0.25) is 0 Å². The van der Waals surface area contributed by atoms with Gasteiger partial charge in [0, 0.05) is 5.92 Å². The van der Waals surface area contributed by atoms with Crippen molar-refractivity contribution >= 4 is 51.7 Å². The predicted molar refractivity (Wildman–Crippen MR) is 187 cm³/mol. The van der Waals surface area contributed by atoms with E-state index in [1.165, 1.54) is 7.11 Å². The summed E-state index contributed by atoms with van der Waals surface area (Å²) in [7, 11) is 1.47. The standard InChI is InChI=1S/C38H34F6INO5/c1-3-7-23-15-27-33(36(49)46(35(27)48)26-17-24(37(39,40)41)16-25(18-26)38(42,43)44)28-19-51-30(32(23)28)11-10-22(21-8-5-4-6-9-21)12-20-13-29(45)34(47)31(14-20)50-2/h4-6,8-9,12-14,16-18,27-28,30,33,47H,3,7,10-11,15,19H2,1-2H3/b22-12-/t27-,28+,30-,33-/m1/s1. The lowest BCUT2D eigenvalue weighted by Crippen LogP contribution is -2.34. The molecule has 51 heavy (non-hydrogen) atoms. The maximum absolute atomic E-state index is 14.0. The topological polar surface area (TPSA) is 76.1 Å². The summed E-state index contributed by atoms with van der Waals surface area (Å²) in [5, 5.41) is 10.4. The third-order valence-electron chi connectivity index (χ3n) is 9.82. The Labute approximate surface area is 304 Å². The molecule has 6 nitrogen and oxygen atoms in total. The van der Waals surface area contributed by atoms with Gasteiger partial charge >= 0.3 is 12.4 Å². The number of imide groups is 1. The number of allylic oxidation sites excluding steroid dienone is 2. The third kappa shape index (κ3) is 7.28. The van der Waals surface area contributed by atoms with Crippen molar-refractivity contribution in [3.8, 4) is 11.5 Å². The molecule has 3 aliphatic rings. The molecule has 0 aromatic heterocycles. The number of hydrogen-bond acceptors (Lipinski definition) is 5. The van der Waals surface area contributed by atoms with Crippen LogP contribution in [0.3, 0.4) is 0 Å². The molecule has 13 heteroatoms. The zero-order chi connectivity index (χ0) is 36.8. The number of methoxy groups -OCH3 is 1. The van der Waals surface area contributed by atoms with E-state index in [0.717, 1.165) is 34.3 Å². The highest BCUT2D eigenvalue weighted by atomic mass is 127. The molecule has 3 aromatic rings. The molecule has 1 aliphatic carbocycles. The van der Waals surface area contributed by atoms with Crippen LogP contribution >= 0.6 is 22.6 Å². The van der Waals surface area contributed by atoms with Gasteiger partial charge in [0.2, 0.25) is 11.8 Å². The highest BCUT2D eigenvalue weighted by Gasteiger charge is 2.57. The van der Waals surface area contributed by atoms with Crippen molar-refractivity contribution in [1.29, 1.82) is 0 Å². The van der Waals surface area contributed by atoms with Gasteiger partial charge in [-0.25, -0.2) is 4.90 Å². The minimum atomic E-state index is -5.13. The monoisotopic (exact) mass is 825 g/mol. The number of alkyl halides is 6. The average Bonchev–Trinajstić information content (AvgIpc) is 3.61. The lowest BCUT2D eigenvalue weighted by molar-refractivity contribution is -0.143. The Morgan fingerprint density at radius 3 is 2.25 bits per heavy atom. The highest BCUT2D eigenvalue weighted by molar-refractivity contribution is 14.1. The number of anilines is 1. The summed E-state index contributed by atoms with van der Waals surface area (Å²) in [5.74, 6) is -3.69. The second-order valence-electron chi connectivity index (χ2n) is 13.0. The molecule has 2 amide bonds. The summed E-state index contributed by atoms with van der Waals surface area (Å²) in [6.07, 6.45) is -6.13. The third-order valence-corrected chi connectivity index (χ3v) is 10.6. The van der Waals surface area contributed by atoms with Gasteiger partial charge < -0.3 is 14.6 Å². The highest BCUT2D eigenvalue weighted by Crippen LogP contribution is 2.52. The number of phenols is 1. The molecule has 2 aliphatic heterocycles. The van der Waals surface area contributed by atoms with Crippen molar-refractivity contribution in [2.75, 3.05) is 18.6 Å². The molecule has 4 atom stereocenters. The first-order valence-corrected chi connectivity index (χ1v) is 17.5.